The maximum Gasteiger partial charge on any atom is 0.307 e. The summed E-state index contributed by atoms with van der Waals surface area (Å²) < 4.78 is 1.62. The third-order valence-electron chi connectivity index (χ3n) is 7.30. The summed E-state index contributed by atoms with van der Waals surface area (Å²) in [7, 11) is 0. The lowest BCUT2D eigenvalue weighted by atomic mass is 9.82. The van der Waals surface area contributed by atoms with E-state index in [9.17, 15) is 14.7 Å². The van der Waals surface area contributed by atoms with Crippen molar-refractivity contribution in [3.8, 4) is 11.3 Å². The summed E-state index contributed by atoms with van der Waals surface area (Å²) in [5.41, 5.74) is 2.75. The van der Waals surface area contributed by atoms with Gasteiger partial charge in [0.05, 0.1) is 11.4 Å². The fraction of sp³-hybridized carbons (Fsp3) is 0.296. The first-order chi connectivity index (χ1) is 16.4. The topological polar surface area (TPSA) is 97.5 Å². The Hall–Kier alpha value is -3.87. The smallest absolute Gasteiger partial charge is 0.307 e. The first-order valence-electron chi connectivity index (χ1n) is 11.6. The largest absolute Gasteiger partial charge is 0.481 e. The molecule has 170 valence electrons. The fourth-order valence-electron chi connectivity index (χ4n) is 5.59. The van der Waals surface area contributed by atoms with Gasteiger partial charge in [0.25, 0.3) is 5.56 Å². The van der Waals surface area contributed by atoms with Gasteiger partial charge in [0.2, 0.25) is 0 Å². The molecule has 0 amide bonds. The summed E-state index contributed by atoms with van der Waals surface area (Å²) in [6.45, 7) is 4.23. The summed E-state index contributed by atoms with van der Waals surface area (Å²) in [4.78, 5) is 34.7. The number of carboxylic acids is 1. The lowest BCUT2D eigenvalue weighted by molar-refractivity contribution is -0.143. The second-order valence-corrected chi connectivity index (χ2v) is 9.60. The molecule has 1 fully saturated rings. The van der Waals surface area contributed by atoms with E-state index in [-0.39, 0.29) is 23.4 Å². The highest BCUT2D eigenvalue weighted by molar-refractivity contribution is 5.91. The van der Waals surface area contributed by atoms with Crippen molar-refractivity contribution in [2.45, 2.75) is 32.1 Å². The molecule has 7 heteroatoms. The molecule has 4 aromatic rings. The van der Waals surface area contributed by atoms with Gasteiger partial charge in [-0.25, -0.2) is 4.98 Å². The van der Waals surface area contributed by atoms with E-state index in [1.807, 2.05) is 54.6 Å². The van der Waals surface area contributed by atoms with E-state index in [2.05, 4.69) is 24.9 Å². The van der Waals surface area contributed by atoms with Crippen molar-refractivity contribution in [2.24, 2.45) is 17.8 Å². The number of rotatable bonds is 4. The lowest BCUT2D eigenvalue weighted by Crippen LogP contribution is -2.29. The first kappa shape index (κ1) is 20.7. The van der Waals surface area contributed by atoms with Crippen LogP contribution in [0.15, 0.2) is 65.5 Å². The van der Waals surface area contributed by atoms with E-state index < -0.39 is 17.4 Å². The van der Waals surface area contributed by atoms with E-state index in [0.717, 1.165) is 6.42 Å². The predicted molar refractivity (Wildman–Crippen MR) is 129 cm³/mol. The van der Waals surface area contributed by atoms with Gasteiger partial charge in [0, 0.05) is 16.9 Å². The number of aromatic nitrogens is 4. The zero-order valence-electron chi connectivity index (χ0n) is 18.9. The van der Waals surface area contributed by atoms with E-state index in [1.165, 1.54) is 5.56 Å². The number of hydrogen-bond donors (Lipinski definition) is 1. The molecule has 2 aliphatic rings. The van der Waals surface area contributed by atoms with Crippen LogP contribution in [0.4, 0.5) is 0 Å². The molecule has 2 bridgehead atoms. The highest BCUT2D eigenvalue weighted by Crippen LogP contribution is 2.52. The van der Waals surface area contributed by atoms with Crippen LogP contribution < -0.4 is 5.56 Å². The average Bonchev–Trinajstić information content (AvgIpc) is 3.45. The van der Waals surface area contributed by atoms with Crippen LogP contribution >= 0.6 is 0 Å². The van der Waals surface area contributed by atoms with Crippen LogP contribution in [0, 0.1) is 17.8 Å². The number of para-hydroxylation sites is 1. The second kappa shape index (κ2) is 7.58. The van der Waals surface area contributed by atoms with Crippen molar-refractivity contribution in [3.05, 3.63) is 82.4 Å². The molecule has 0 aliphatic heterocycles. The molecule has 2 heterocycles. The number of carbonyl (C=O) groups is 1. The minimum Gasteiger partial charge on any atom is -0.481 e. The molecule has 0 saturated heterocycles. The van der Waals surface area contributed by atoms with Crippen molar-refractivity contribution in [2.75, 3.05) is 0 Å². The monoisotopic (exact) mass is 452 g/mol. The highest BCUT2D eigenvalue weighted by Gasteiger charge is 2.50. The van der Waals surface area contributed by atoms with Crippen LogP contribution in [-0.2, 0) is 4.79 Å². The summed E-state index contributed by atoms with van der Waals surface area (Å²) in [5.74, 6) is -0.786. The minimum absolute atomic E-state index is 0.0220. The van der Waals surface area contributed by atoms with Crippen molar-refractivity contribution in [3.63, 3.8) is 0 Å². The SMILES string of the molecule is CC(C)c1ccc(-c2nn3c([C@H]4[C@@H](C(=O)O)[C@H]5C=C[C@H]4C5)nc4ccccc4c3nc2=O)cc1. The van der Waals surface area contributed by atoms with Gasteiger partial charge in [-0.2, -0.15) is 14.6 Å². The molecule has 0 unspecified atom stereocenters. The third-order valence-corrected chi connectivity index (χ3v) is 7.30. The van der Waals surface area contributed by atoms with E-state index in [0.29, 0.717) is 33.9 Å². The van der Waals surface area contributed by atoms with Gasteiger partial charge in [-0.15, -0.1) is 0 Å². The maximum atomic E-state index is 13.1. The molecule has 0 spiro atoms. The van der Waals surface area contributed by atoms with Crippen molar-refractivity contribution >= 4 is 22.5 Å². The van der Waals surface area contributed by atoms with Crippen LogP contribution in [0.2, 0.25) is 0 Å². The van der Waals surface area contributed by atoms with Gasteiger partial charge in [-0.1, -0.05) is 62.4 Å². The predicted octanol–water partition coefficient (Wildman–Crippen LogP) is 4.42. The average molecular weight is 453 g/mol. The van der Waals surface area contributed by atoms with Gasteiger partial charge in [-0.3, -0.25) is 9.59 Å². The normalized spacial score (nSPS) is 23.4. The zero-order chi connectivity index (χ0) is 23.6. The van der Waals surface area contributed by atoms with Gasteiger partial charge in [-0.05, 0) is 41.9 Å². The number of nitrogens with zero attached hydrogens (tertiary/aromatic N) is 4. The maximum absolute atomic E-state index is 13.1. The van der Waals surface area contributed by atoms with Gasteiger partial charge < -0.3 is 5.11 Å². The Labute approximate surface area is 195 Å². The lowest BCUT2D eigenvalue weighted by Gasteiger charge is -2.25. The molecule has 34 heavy (non-hydrogen) atoms. The Morgan fingerprint density at radius 2 is 1.76 bits per heavy atom. The van der Waals surface area contributed by atoms with Crippen LogP contribution in [-0.4, -0.2) is 30.7 Å². The number of carboxylic acid groups (broad SMARTS) is 1. The van der Waals surface area contributed by atoms with Crippen LogP contribution in [0.25, 0.3) is 27.8 Å². The molecule has 2 aromatic heterocycles. The number of hydrogen-bond acceptors (Lipinski definition) is 5. The molecule has 4 atom stereocenters. The van der Waals surface area contributed by atoms with Crippen LogP contribution in [0.3, 0.4) is 0 Å². The number of benzene rings is 2. The Balaban J connectivity index is 1.62. The molecule has 1 saturated carbocycles. The van der Waals surface area contributed by atoms with Gasteiger partial charge in [0.1, 0.15) is 5.82 Å². The molecule has 2 aromatic carbocycles. The molecule has 7 nitrogen and oxygen atoms in total. The molecular formula is C27H24N4O3. The van der Waals surface area contributed by atoms with Crippen molar-refractivity contribution < 1.29 is 9.90 Å². The second-order valence-electron chi connectivity index (χ2n) is 9.60. The Kier molecular flexibility index (Phi) is 4.62. The fourth-order valence-corrected chi connectivity index (χ4v) is 5.59. The number of aliphatic carboxylic acids is 1. The van der Waals surface area contributed by atoms with Crippen molar-refractivity contribution in [1.29, 1.82) is 0 Å². The van der Waals surface area contributed by atoms with Gasteiger partial charge in [0.15, 0.2) is 11.3 Å². The Bertz CT molecular complexity index is 1540. The first-order valence-corrected chi connectivity index (χ1v) is 11.6. The van der Waals surface area contributed by atoms with E-state index in [1.54, 1.807) is 4.52 Å². The summed E-state index contributed by atoms with van der Waals surface area (Å²) in [5, 5.41) is 15.5. The molecule has 1 N–H and O–H groups in total. The van der Waals surface area contributed by atoms with E-state index in [4.69, 9.17) is 10.1 Å². The molecular weight excluding hydrogens is 428 g/mol. The Morgan fingerprint density at radius 3 is 2.50 bits per heavy atom. The summed E-state index contributed by atoms with van der Waals surface area (Å²) in [6, 6.07) is 15.2. The molecule has 0 radical (unpaired) electrons. The molecule has 6 rings (SSSR count). The quantitative estimate of drug-likeness (QED) is 0.364. The summed E-state index contributed by atoms with van der Waals surface area (Å²) >= 11 is 0. The van der Waals surface area contributed by atoms with Crippen LogP contribution in [0.1, 0.15) is 43.5 Å². The zero-order valence-corrected chi connectivity index (χ0v) is 18.9. The molecule has 2 aliphatic carbocycles. The Morgan fingerprint density at radius 1 is 1.03 bits per heavy atom. The summed E-state index contributed by atoms with van der Waals surface area (Å²) in [6.07, 6.45) is 4.89. The van der Waals surface area contributed by atoms with Crippen LogP contribution in [0.5, 0.6) is 0 Å². The highest BCUT2D eigenvalue weighted by atomic mass is 16.4. The van der Waals surface area contributed by atoms with Gasteiger partial charge >= 0.3 is 5.97 Å². The number of fused-ring (bicyclic) bond motifs is 5. The van der Waals surface area contributed by atoms with E-state index >= 15 is 0 Å². The standard InChI is InChI=1S/C27H24N4O3/c1-14(2)15-7-9-16(10-8-15)23-26(32)29-24-19-5-3-4-6-20(19)28-25(31(24)30-23)21-17-11-12-18(13-17)22(21)27(33)34/h3-12,14,17-18,21-22H,13H2,1-2H3,(H,33,34)/t17-,18-,21+,22-/m0/s1. The van der Waals surface area contributed by atoms with Crippen molar-refractivity contribution in [1.82, 2.24) is 19.6 Å². The minimum atomic E-state index is -0.830. The third kappa shape index (κ3) is 3.07. The number of allylic oxidation sites excluding steroid dienone is 2.